The topological polar surface area (TPSA) is 52.6 Å². The molecule has 0 N–H and O–H groups in total. The van der Waals surface area contributed by atoms with Crippen LogP contribution in [0.1, 0.15) is 28.8 Å². The van der Waals surface area contributed by atoms with Gasteiger partial charge in [0, 0.05) is 12.0 Å². The Morgan fingerprint density at radius 3 is 2.11 bits per heavy atom. The van der Waals surface area contributed by atoms with Crippen molar-refractivity contribution in [3.63, 3.8) is 0 Å². The van der Waals surface area contributed by atoms with Crippen LogP contribution in [0, 0.1) is 0 Å². The maximum Gasteiger partial charge on any atom is 0.306 e. The van der Waals surface area contributed by atoms with Crippen LogP contribution in [0.3, 0.4) is 0 Å². The van der Waals surface area contributed by atoms with Crippen molar-refractivity contribution < 1.29 is 19.1 Å². The third kappa shape index (κ3) is 5.82. The van der Waals surface area contributed by atoms with Crippen LogP contribution < -0.4 is 4.74 Å². The Hall–Kier alpha value is -3.40. The molecule has 0 heterocycles. The minimum absolute atomic E-state index is 0.0634. The zero-order chi connectivity index (χ0) is 18.9. The van der Waals surface area contributed by atoms with Gasteiger partial charge >= 0.3 is 5.97 Å². The summed E-state index contributed by atoms with van der Waals surface area (Å²) in [6, 6.07) is 25.8. The van der Waals surface area contributed by atoms with Gasteiger partial charge in [-0.25, -0.2) is 0 Å². The number of carbonyl (C=O) groups is 2. The smallest absolute Gasteiger partial charge is 0.306 e. The minimum Gasteiger partial charge on any atom is -0.461 e. The van der Waals surface area contributed by atoms with Gasteiger partial charge in [-0.05, 0) is 29.8 Å². The molecule has 0 radical (unpaired) electrons. The summed E-state index contributed by atoms with van der Waals surface area (Å²) in [4.78, 5) is 23.9. The molecule has 0 atom stereocenters. The lowest BCUT2D eigenvalue weighted by Gasteiger charge is -2.08. The molecule has 0 aliphatic heterocycles. The van der Waals surface area contributed by atoms with Gasteiger partial charge in [-0.1, -0.05) is 60.7 Å². The Kier molecular flexibility index (Phi) is 6.36. The van der Waals surface area contributed by atoms with Crippen molar-refractivity contribution in [2.75, 3.05) is 0 Å². The number of Topliss-reactive ketones (excluding diaryl/α,β-unsaturated/α-hetero) is 1. The van der Waals surface area contributed by atoms with E-state index < -0.39 is 5.97 Å². The summed E-state index contributed by atoms with van der Waals surface area (Å²) in [5.74, 6) is 0.958. The van der Waals surface area contributed by atoms with Gasteiger partial charge in [0.15, 0.2) is 5.78 Å². The molecular formula is C23H20O4. The van der Waals surface area contributed by atoms with Gasteiger partial charge in [0.05, 0.1) is 6.42 Å². The largest absolute Gasteiger partial charge is 0.461 e. The van der Waals surface area contributed by atoms with Crippen LogP contribution in [0.4, 0.5) is 0 Å². The van der Waals surface area contributed by atoms with Crippen molar-refractivity contribution in [3.05, 3.63) is 96.1 Å². The standard InChI is InChI=1S/C23H20O4/c24-22(19-9-3-1-4-10-19)14-15-23(25)26-17-18-8-7-13-21(16-18)27-20-11-5-2-6-12-20/h1-13,16H,14-15,17H2. The van der Waals surface area contributed by atoms with E-state index in [0.717, 1.165) is 11.3 Å². The van der Waals surface area contributed by atoms with E-state index >= 15 is 0 Å². The van der Waals surface area contributed by atoms with Gasteiger partial charge in [0.2, 0.25) is 0 Å². The second-order valence-corrected chi connectivity index (χ2v) is 6.01. The Morgan fingerprint density at radius 2 is 1.37 bits per heavy atom. The molecule has 0 saturated carbocycles. The van der Waals surface area contributed by atoms with Crippen LogP contribution in [-0.2, 0) is 16.1 Å². The maximum absolute atomic E-state index is 12.0. The van der Waals surface area contributed by atoms with E-state index in [9.17, 15) is 9.59 Å². The van der Waals surface area contributed by atoms with E-state index in [2.05, 4.69) is 0 Å². The van der Waals surface area contributed by atoms with Gasteiger partial charge in [0.25, 0.3) is 0 Å². The summed E-state index contributed by atoms with van der Waals surface area (Å²) in [6.45, 7) is 0.143. The molecule has 4 nitrogen and oxygen atoms in total. The first-order valence-corrected chi connectivity index (χ1v) is 8.76. The average molecular weight is 360 g/mol. The molecule has 0 fully saturated rings. The fraction of sp³-hybridized carbons (Fsp3) is 0.130. The van der Waals surface area contributed by atoms with Gasteiger partial charge in [-0.3, -0.25) is 9.59 Å². The van der Waals surface area contributed by atoms with Crippen molar-refractivity contribution in [2.45, 2.75) is 19.4 Å². The molecule has 3 aromatic rings. The first-order valence-electron chi connectivity index (χ1n) is 8.76. The highest BCUT2D eigenvalue weighted by atomic mass is 16.5. The summed E-state index contributed by atoms with van der Waals surface area (Å²) >= 11 is 0. The molecule has 0 amide bonds. The Bertz CT molecular complexity index is 889. The van der Waals surface area contributed by atoms with Crippen molar-refractivity contribution >= 4 is 11.8 Å². The monoisotopic (exact) mass is 360 g/mol. The highest BCUT2D eigenvalue weighted by molar-refractivity contribution is 5.97. The number of hydrogen-bond donors (Lipinski definition) is 0. The third-order valence-electron chi connectivity index (χ3n) is 3.93. The van der Waals surface area contributed by atoms with Crippen molar-refractivity contribution in [2.24, 2.45) is 0 Å². The molecule has 0 bridgehead atoms. The number of ketones is 1. The quantitative estimate of drug-likeness (QED) is 0.410. The summed E-state index contributed by atoms with van der Waals surface area (Å²) in [5.41, 5.74) is 1.43. The van der Waals surface area contributed by atoms with E-state index in [1.807, 2.05) is 60.7 Å². The van der Waals surface area contributed by atoms with Crippen LogP contribution in [0.15, 0.2) is 84.9 Å². The van der Waals surface area contributed by atoms with Gasteiger partial charge in [-0.2, -0.15) is 0 Å². The maximum atomic E-state index is 12.0. The summed E-state index contributed by atoms with van der Waals surface area (Å²) < 4.78 is 11.0. The SMILES string of the molecule is O=C(CCC(=O)c1ccccc1)OCc1cccc(Oc2ccccc2)c1. The second kappa shape index (κ2) is 9.34. The second-order valence-electron chi connectivity index (χ2n) is 6.01. The zero-order valence-electron chi connectivity index (χ0n) is 14.8. The number of carbonyl (C=O) groups excluding carboxylic acids is 2. The van der Waals surface area contributed by atoms with Crippen molar-refractivity contribution in [1.29, 1.82) is 0 Å². The fourth-order valence-electron chi connectivity index (χ4n) is 2.54. The van der Waals surface area contributed by atoms with Crippen molar-refractivity contribution in [3.8, 4) is 11.5 Å². The van der Waals surface area contributed by atoms with E-state index in [4.69, 9.17) is 9.47 Å². The van der Waals surface area contributed by atoms with E-state index in [-0.39, 0.29) is 25.2 Å². The van der Waals surface area contributed by atoms with Gasteiger partial charge in [-0.15, -0.1) is 0 Å². The van der Waals surface area contributed by atoms with E-state index in [1.165, 1.54) is 0 Å². The average Bonchev–Trinajstić information content (AvgIpc) is 2.72. The first kappa shape index (κ1) is 18.4. The molecule has 3 rings (SSSR count). The molecule has 136 valence electrons. The number of para-hydroxylation sites is 1. The molecule has 0 aliphatic rings. The summed E-state index contributed by atoms with van der Waals surface area (Å²) in [6.07, 6.45) is 0.202. The Balaban J connectivity index is 1.47. The lowest BCUT2D eigenvalue weighted by Crippen LogP contribution is -2.08. The number of esters is 1. The predicted molar refractivity (Wildman–Crippen MR) is 103 cm³/mol. The molecular weight excluding hydrogens is 340 g/mol. The number of ether oxygens (including phenoxy) is 2. The van der Waals surface area contributed by atoms with Crippen LogP contribution in [-0.4, -0.2) is 11.8 Å². The highest BCUT2D eigenvalue weighted by Gasteiger charge is 2.10. The Labute approximate surface area is 158 Å². The Morgan fingerprint density at radius 1 is 0.704 bits per heavy atom. The van der Waals surface area contributed by atoms with Gasteiger partial charge in [0.1, 0.15) is 18.1 Å². The minimum atomic E-state index is -0.395. The summed E-state index contributed by atoms with van der Waals surface area (Å²) in [7, 11) is 0. The van der Waals surface area contributed by atoms with Crippen molar-refractivity contribution in [1.82, 2.24) is 0 Å². The first-order chi connectivity index (χ1) is 13.2. The molecule has 0 saturated heterocycles. The summed E-state index contributed by atoms with van der Waals surface area (Å²) in [5, 5.41) is 0. The molecule has 0 aliphatic carbocycles. The lowest BCUT2D eigenvalue weighted by atomic mass is 10.1. The zero-order valence-corrected chi connectivity index (χ0v) is 14.8. The molecule has 0 spiro atoms. The normalized spacial score (nSPS) is 10.2. The molecule has 4 heteroatoms. The third-order valence-corrected chi connectivity index (χ3v) is 3.93. The molecule has 0 aromatic heterocycles. The number of rotatable bonds is 8. The molecule has 3 aromatic carbocycles. The van der Waals surface area contributed by atoms with E-state index in [1.54, 1.807) is 24.3 Å². The molecule has 27 heavy (non-hydrogen) atoms. The van der Waals surface area contributed by atoms with Crippen LogP contribution >= 0.6 is 0 Å². The predicted octanol–water partition coefficient (Wildman–Crippen LogP) is 5.19. The number of hydrogen-bond acceptors (Lipinski definition) is 4. The van der Waals surface area contributed by atoms with Crippen LogP contribution in [0.2, 0.25) is 0 Å². The van der Waals surface area contributed by atoms with Crippen LogP contribution in [0.25, 0.3) is 0 Å². The van der Waals surface area contributed by atoms with E-state index in [0.29, 0.717) is 11.3 Å². The number of benzene rings is 3. The highest BCUT2D eigenvalue weighted by Crippen LogP contribution is 2.22. The molecule has 0 unspecified atom stereocenters. The van der Waals surface area contributed by atoms with Gasteiger partial charge < -0.3 is 9.47 Å². The van der Waals surface area contributed by atoms with Crippen LogP contribution in [0.5, 0.6) is 11.5 Å². The fourth-order valence-corrected chi connectivity index (χ4v) is 2.54. The lowest BCUT2D eigenvalue weighted by molar-refractivity contribution is -0.144.